The Morgan fingerprint density at radius 3 is 1.69 bits per heavy atom. The van der Waals surface area contributed by atoms with Crippen molar-refractivity contribution in [2.75, 3.05) is 6.61 Å². The Labute approximate surface area is 172 Å². The predicted molar refractivity (Wildman–Crippen MR) is 106 cm³/mol. The van der Waals surface area contributed by atoms with Crippen molar-refractivity contribution in [1.29, 1.82) is 0 Å². The second-order valence-corrected chi connectivity index (χ2v) is 8.00. The van der Waals surface area contributed by atoms with E-state index in [1.165, 1.54) is 0 Å². The van der Waals surface area contributed by atoms with E-state index in [0.717, 1.165) is 25.7 Å². The third kappa shape index (κ3) is 3.80. The zero-order valence-corrected chi connectivity index (χ0v) is 16.9. The number of halogens is 4. The van der Waals surface area contributed by atoms with Crippen LogP contribution in [0.2, 0.25) is 20.1 Å². The molecule has 1 heterocycles. The SMILES string of the molecule is OCCCCCCC1(O)c2cc(Cl)c(Cl)cc2Oc2cc(Cl)c(Cl)cc21. The summed E-state index contributed by atoms with van der Waals surface area (Å²) in [7, 11) is 0. The maximum atomic E-state index is 11.6. The molecule has 0 radical (unpaired) electrons. The summed E-state index contributed by atoms with van der Waals surface area (Å²) in [6, 6.07) is 6.47. The van der Waals surface area contributed by atoms with Crippen LogP contribution in [0.1, 0.15) is 43.2 Å². The van der Waals surface area contributed by atoms with Crippen LogP contribution in [-0.4, -0.2) is 16.8 Å². The van der Waals surface area contributed by atoms with Crippen molar-refractivity contribution in [1.82, 2.24) is 0 Å². The average molecular weight is 436 g/mol. The topological polar surface area (TPSA) is 49.7 Å². The van der Waals surface area contributed by atoms with Crippen molar-refractivity contribution in [2.24, 2.45) is 0 Å². The number of fused-ring (bicyclic) bond motifs is 2. The van der Waals surface area contributed by atoms with Crippen molar-refractivity contribution >= 4 is 46.4 Å². The molecule has 0 amide bonds. The number of ether oxygens (including phenoxy) is 1. The second-order valence-electron chi connectivity index (χ2n) is 6.38. The highest BCUT2D eigenvalue weighted by Gasteiger charge is 2.41. The fourth-order valence-electron chi connectivity index (χ4n) is 3.25. The van der Waals surface area contributed by atoms with Crippen LogP contribution in [0.15, 0.2) is 24.3 Å². The molecule has 0 saturated carbocycles. The Morgan fingerprint density at radius 2 is 1.19 bits per heavy atom. The summed E-state index contributed by atoms with van der Waals surface area (Å²) >= 11 is 24.6. The molecule has 0 aliphatic carbocycles. The van der Waals surface area contributed by atoms with Crippen molar-refractivity contribution in [3.8, 4) is 11.5 Å². The van der Waals surface area contributed by atoms with Gasteiger partial charge in [-0.2, -0.15) is 0 Å². The Balaban J connectivity index is 2.03. The first kappa shape index (κ1) is 20.1. The van der Waals surface area contributed by atoms with Crippen molar-refractivity contribution in [2.45, 2.75) is 37.7 Å². The van der Waals surface area contributed by atoms with Gasteiger partial charge >= 0.3 is 0 Å². The Morgan fingerprint density at radius 1 is 0.731 bits per heavy atom. The average Bonchev–Trinajstić information content (AvgIpc) is 2.59. The third-order valence-corrected chi connectivity index (χ3v) is 6.05. The van der Waals surface area contributed by atoms with E-state index in [0.29, 0.717) is 49.1 Å². The Kier molecular flexibility index (Phi) is 6.28. The normalized spacial score (nSPS) is 14.5. The molecule has 0 aromatic heterocycles. The van der Waals surface area contributed by atoms with E-state index >= 15 is 0 Å². The minimum atomic E-state index is -1.31. The molecule has 0 bridgehead atoms. The third-order valence-electron chi connectivity index (χ3n) is 4.60. The Hall–Kier alpha value is -0.680. The van der Waals surface area contributed by atoms with Crippen LogP contribution in [0, 0.1) is 0 Å². The van der Waals surface area contributed by atoms with Crippen LogP contribution in [0.3, 0.4) is 0 Å². The lowest BCUT2D eigenvalue weighted by molar-refractivity contribution is 0.0573. The highest BCUT2D eigenvalue weighted by atomic mass is 35.5. The summed E-state index contributed by atoms with van der Waals surface area (Å²) in [5, 5.41) is 21.9. The second kappa shape index (κ2) is 8.14. The van der Waals surface area contributed by atoms with Gasteiger partial charge in [-0.05, 0) is 31.4 Å². The van der Waals surface area contributed by atoms with Gasteiger partial charge in [-0.3, -0.25) is 0 Å². The first-order valence-electron chi connectivity index (χ1n) is 8.37. The highest BCUT2D eigenvalue weighted by molar-refractivity contribution is 6.42. The smallest absolute Gasteiger partial charge is 0.135 e. The summed E-state index contributed by atoms with van der Waals surface area (Å²) in [5.41, 5.74) is -0.204. The molecular weight excluding hydrogens is 418 g/mol. The first-order chi connectivity index (χ1) is 12.4. The van der Waals surface area contributed by atoms with E-state index in [-0.39, 0.29) is 6.61 Å². The van der Waals surface area contributed by atoms with Crippen LogP contribution >= 0.6 is 46.4 Å². The number of aliphatic hydroxyl groups excluding tert-OH is 1. The summed E-state index contributed by atoms with van der Waals surface area (Å²) in [6.45, 7) is 0.173. The maximum absolute atomic E-state index is 11.6. The van der Waals surface area contributed by atoms with Crippen molar-refractivity contribution in [3.63, 3.8) is 0 Å². The summed E-state index contributed by atoms with van der Waals surface area (Å²) < 4.78 is 5.91. The van der Waals surface area contributed by atoms with Gasteiger partial charge in [-0.1, -0.05) is 59.2 Å². The molecule has 0 saturated heterocycles. The lowest BCUT2D eigenvalue weighted by Gasteiger charge is -2.36. The monoisotopic (exact) mass is 434 g/mol. The minimum absolute atomic E-state index is 0.173. The summed E-state index contributed by atoms with van der Waals surface area (Å²) in [6.07, 6.45) is 3.74. The van der Waals surface area contributed by atoms with Gasteiger partial charge in [0.05, 0.1) is 20.1 Å². The van der Waals surface area contributed by atoms with Gasteiger partial charge in [0.15, 0.2) is 0 Å². The minimum Gasteiger partial charge on any atom is -0.456 e. The number of hydrogen-bond donors (Lipinski definition) is 2. The van der Waals surface area contributed by atoms with Gasteiger partial charge in [0.1, 0.15) is 17.1 Å². The molecule has 2 N–H and O–H groups in total. The quantitative estimate of drug-likeness (QED) is 0.503. The van der Waals surface area contributed by atoms with Crippen LogP contribution in [-0.2, 0) is 5.60 Å². The summed E-state index contributed by atoms with van der Waals surface area (Å²) in [5.74, 6) is 0.895. The molecule has 1 aliphatic rings. The molecule has 3 nitrogen and oxygen atoms in total. The molecular formula is C19H18Cl4O3. The molecule has 0 spiro atoms. The molecule has 26 heavy (non-hydrogen) atoms. The standard InChI is InChI=1S/C19H18Cl4O3/c20-13-7-11-17(9-15(13)22)26-18-10-16(23)14(21)8-12(18)19(11,25)5-3-1-2-4-6-24/h7-10,24-25H,1-6H2. The lowest BCUT2D eigenvalue weighted by Crippen LogP contribution is -2.31. The van der Waals surface area contributed by atoms with E-state index in [9.17, 15) is 5.11 Å². The fourth-order valence-corrected chi connectivity index (χ4v) is 3.89. The van der Waals surface area contributed by atoms with E-state index in [4.69, 9.17) is 56.2 Å². The summed E-state index contributed by atoms with van der Waals surface area (Å²) in [4.78, 5) is 0. The van der Waals surface area contributed by atoms with Gasteiger partial charge in [0.2, 0.25) is 0 Å². The maximum Gasteiger partial charge on any atom is 0.135 e. The molecule has 140 valence electrons. The number of rotatable bonds is 6. The molecule has 0 fully saturated rings. The van der Waals surface area contributed by atoms with Gasteiger partial charge in [-0.15, -0.1) is 0 Å². The van der Waals surface area contributed by atoms with Gasteiger partial charge in [0, 0.05) is 29.9 Å². The highest BCUT2D eigenvalue weighted by Crippen LogP contribution is 2.52. The van der Waals surface area contributed by atoms with Gasteiger partial charge in [-0.25, -0.2) is 0 Å². The van der Waals surface area contributed by atoms with Crippen LogP contribution in [0.4, 0.5) is 0 Å². The van der Waals surface area contributed by atoms with E-state index in [1.807, 2.05) is 0 Å². The van der Waals surface area contributed by atoms with Crippen LogP contribution in [0.25, 0.3) is 0 Å². The van der Waals surface area contributed by atoms with Crippen LogP contribution in [0.5, 0.6) is 11.5 Å². The molecule has 1 aliphatic heterocycles. The number of aliphatic hydroxyl groups is 2. The van der Waals surface area contributed by atoms with Crippen molar-refractivity contribution < 1.29 is 14.9 Å². The van der Waals surface area contributed by atoms with E-state index < -0.39 is 5.60 Å². The number of hydrogen-bond acceptors (Lipinski definition) is 3. The van der Waals surface area contributed by atoms with Crippen LogP contribution < -0.4 is 4.74 Å². The molecule has 0 unspecified atom stereocenters. The predicted octanol–water partition coefficient (Wildman–Crippen LogP) is 6.58. The number of unbranched alkanes of at least 4 members (excludes halogenated alkanes) is 3. The van der Waals surface area contributed by atoms with E-state index in [1.54, 1.807) is 24.3 Å². The largest absolute Gasteiger partial charge is 0.456 e. The lowest BCUT2D eigenvalue weighted by atomic mass is 9.79. The zero-order chi connectivity index (χ0) is 18.9. The molecule has 2 aromatic rings. The molecule has 0 atom stereocenters. The van der Waals surface area contributed by atoms with Gasteiger partial charge in [0.25, 0.3) is 0 Å². The first-order valence-corrected chi connectivity index (χ1v) is 9.88. The molecule has 3 rings (SSSR count). The molecule has 7 heteroatoms. The fraction of sp³-hybridized carbons (Fsp3) is 0.368. The number of benzene rings is 2. The Bertz CT molecular complexity index is 765. The zero-order valence-electron chi connectivity index (χ0n) is 13.9. The van der Waals surface area contributed by atoms with E-state index in [2.05, 4.69) is 0 Å². The molecule has 2 aromatic carbocycles. The van der Waals surface area contributed by atoms with Gasteiger partial charge < -0.3 is 14.9 Å². The van der Waals surface area contributed by atoms with Crippen molar-refractivity contribution in [3.05, 3.63) is 55.5 Å².